The van der Waals surface area contributed by atoms with E-state index in [0.29, 0.717) is 13.0 Å². The molecule has 0 aromatic carbocycles. The summed E-state index contributed by atoms with van der Waals surface area (Å²) in [7, 11) is 0. The third-order valence-corrected chi connectivity index (χ3v) is 3.78. The summed E-state index contributed by atoms with van der Waals surface area (Å²) in [4.78, 5) is 24.7. The molecule has 1 unspecified atom stereocenters. The summed E-state index contributed by atoms with van der Waals surface area (Å²) in [5.41, 5.74) is 5.81. The maximum atomic E-state index is 12.2. The lowest BCUT2D eigenvalue weighted by Crippen LogP contribution is -2.56. The highest BCUT2D eigenvalue weighted by atomic mass is 16.2. The van der Waals surface area contributed by atoms with Crippen molar-refractivity contribution in [1.29, 1.82) is 0 Å². The summed E-state index contributed by atoms with van der Waals surface area (Å²) in [5, 5.41) is 6.31. The molecule has 0 radical (unpaired) electrons. The van der Waals surface area contributed by atoms with Gasteiger partial charge in [-0.1, -0.05) is 0 Å². The van der Waals surface area contributed by atoms with Gasteiger partial charge in [-0.3, -0.25) is 9.59 Å². The minimum atomic E-state index is -0.336. The Morgan fingerprint density at radius 2 is 2.00 bits per heavy atom. The molecule has 18 heavy (non-hydrogen) atoms. The number of nitrogens with zero attached hydrogens (tertiary/aromatic N) is 1. The molecule has 2 amide bonds. The summed E-state index contributed by atoms with van der Waals surface area (Å²) in [6.07, 6.45) is 4.12. The Balaban J connectivity index is 1.88. The topological polar surface area (TPSA) is 87.5 Å². The smallest absolute Gasteiger partial charge is 0.243 e. The van der Waals surface area contributed by atoms with E-state index in [9.17, 15) is 9.59 Å². The van der Waals surface area contributed by atoms with E-state index in [-0.39, 0.29) is 24.0 Å². The molecule has 2 heterocycles. The number of carbonyl (C=O) groups is 2. The normalized spacial score (nSPS) is 29.9. The van der Waals surface area contributed by atoms with E-state index in [4.69, 9.17) is 5.73 Å². The SMILES string of the molecule is NC1CC[C@@H](C(=O)NC2CCNCC2)N(C=O)C1. The van der Waals surface area contributed by atoms with Crippen LogP contribution in [0.15, 0.2) is 0 Å². The fourth-order valence-electron chi connectivity index (χ4n) is 2.69. The zero-order chi connectivity index (χ0) is 13.0. The number of amides is 2. The number of hydrogen-bond acceptors (Lipinski definition) is 4. The van der Waals surface area contributed by atoms with E-state index in [1.807, 2.05) is 0 Å². The third-order valence-electron chi connectivity index (χ3n) is 3.78. The largest absolute Gasteiger partial charge is 0.351 e. The van der Waals surface area contributed by atoms with Gasteiger partial charge in [-0.2, -0.15) is 0 Å². The molecule has 0 aromatic heterocycles. The van der Waals surface area contributed by atoms with Crippen molar-refractivity contribution >= 4 is 12.3 Å². The second kappa shape index (κ2) is 6.15. The van der Waals surface area contributed by atoms with Crippen LogP contribution in [-0.4, -0.2) is 55.0 Å². The van der Waals surface area contributed by atoms with Gasteiger partial charge in [0, 0.05) is 18.6 Å². The molecule has 0 saturated carbocycles. The summed E-state index contributed by atoms with van der Waals surface area (Å²) in [6, 6.07) is -0.0989. The van der Waals surface area contributed by atoms with E-state index < -0.39 is 0 Å². The number of rotatable bonds is 3. The minimum absolute atomic E-state index is 0.00173. The van der Waals surface area contributed by atoms with Gasteiger partial charge >= 0.3 is 0 Å². The van der Waals surface area contributed by atoms with E-state index in [2.05, 4.69) is 10.6 Å². The average molecular weight is 254 g/mol. The van der Waals surface area contributed by atoms with Crippen LogP contribution in [0.2, 0.25) is 0 Å². The van der Waals surface area contributed by atoms with Gasteiger partial charge in [0.15, 0.2) is 0 Å². The Hall–Kier alpha value is -1.14. The minimum Gasteiger partial charge on any atom is -0.351 e. The Bertz CT molecular complexity index is 304. The fourth-order valence-corrected chi connectivity index (χ4v) is 2.69. The first-order chi connectivity index (χ1) is 8.70. The number of piperidine rings is 2. The maximum absolute atomic E-state index is 12.2. The van der Waals surface area contributed by atoms with Crippen LogP contribution in [0.25, 0.3) is 0 Å². The zero-order valence-corrected chi connectivity index (χ0v) is 10.6. The first-order valence-electron chi connectivity index (χ1n) is 6.68. The van der Waals surface area contributed by atoms with Gasteiger partial charge in [-0.15, -0.1) is 0 Å². The molecular formula is C12H22N4O2. The molecule has 6 nitrogen and oxygen atoms in total. The molecule has 0 aliphatic carbocycles. The van der Waals surface area contributed by atoms with Crippen molar-refractivity contribution in [2.75, 3.05) is 19.6 Å². The standard InChI is InChI=1S/C12H22N4O2/c13-9-1-2-11(16(7-9)8-17)12(18)15-10-3-5-14-6-4-10/h8-11,14H,1-7,13H2,(H,15,18)/t9?,11-/m0/s1. The average Bonchev–Trinajstić information content (AvgIpc) is 2.39. The molecule has 2 saturated heterocycles. The number of carbonyl (C=O) groups excluding carboxylic acids is 2. The number of hydrogen-bond donors (Lipinski definition) is 3. The Labute approximate surface area is 107 Å². The van der Waals surface area contributed by atoms with Crippen molar-refractivity contribution in [2.24, 2.45) is 5.73 Å². The molecule has 0 spiro atoms. The summed E-state index contributed by atoms with van der Waals surface area (Å²) < 4.78 is 0. The van der Waals surface area contributed by atoms with Gasteiger partial charge < -0.3 is 21.3 Å². The molecule has 2 fully saturated rings. The van der Waals surface area contributed by atoms with Crippen molar-refractivity contribution in [3.05, 3.63) is 0 Å². The van der Waals surface area contributed by atoms with Crippen LogP contribution < -0.4 is 16.4 Å². The van der Waals surface area contributed by atoms with E-state index >= 15 is 0 Å². The molecule has 102 valence electrons. The first kappa shape index (κ1) is 13.3. The Kier molecular flexibility index (Phi) is 4.54. The van der Waals surface area contributed by atoms with Crippen LogP contribution in [0.4, 0.5) is 0 Å². The molecule has 2 aliphatic heterocycles. The van der Waals surface area contributed by atoms with Crippen molar-refractivity contribution in [2.45, 2.75) is 43.8 Å². The van der Waals surface area contributed by atoms with E-state index in [1.54, 1.807) is 0 Å². The molecule has 4 N–H and O–H groups in total. The predicted octanol–water partition coefficient (Wildman–Crippen LogP) is -1.20. The molecular weight excluding hydrogens is 232 g/mol. The van der Waals surface area contributed by atoms with Crippen LogP contribution in [0.3, 0.4) is 0 Å². The van der Waals surface area contributed by atoms with E-state index in [1.165, 1.54) is 4.90 Å². The Morgan fingerprint density at radius 3 is 2.67 bits per heavy atom. The lowest BCUT2D eigenvalue weighted by atomic mass is 9.98. The second-order valence-corrected chi connectivity index (χ2v) is 5.19. The van der Waals surface area contributed by atoms with Gasteiger partial charge in [0.1, 0.15) is 6.04 Å². The van der Waals surface area contributed by atoms with Gasteiger partial charge in [0.25, 0.3) is 0 Å². The first-order valence-corrected chi connectivity index (χ1v) is 6.68. The van der Waals surface area contributed by atoms with Crippen LogP contribution in [0.5, 0.6) is 0 Å². The van der Waals surface area contributed by atoms with Gasteiger partial charge in [0.2, 0.25) is 12.3 Å². The van der Waals surface area contributed by atoms with Crippen molar-refractivity contribution in [3.63, 3.8) is 0 Å². The summed E-state index contributed by atoms with van der Waals surface area (Å²) in [6.45, 7) is 2.36. The second-order valence-electron chi connectivity index (χ2n) is 5.19. The van der Waals surface area contributed by atoms with Crippen LogP contribution in [0.1, 0.15) is 25.7 Å². The quantitative estimate of drug-likeness (QED) is 0.552. The predicted molar refractivity (Wildman–Crippen MR) is 67.8 cm³/mol. The lowest BCUT2D eigenvalue weighted by molar-refractivity contribution is -0.135. The van der Waals surface area contributed by atoms with Crippen LogP contribution in [-0.2, 0) is 9.59 Å². The molecule has 6 heteroatoms. The highest BCUT2D eigenvalue weighted by Gasteiger charge is 2.31. The highest BCUT2D eigenvalue weighted by molar-refractivity contribution is 5.84. The Morgan fingerprint density at radius 1 is 1.28 bits per heavy atom. The van der Waals surface area contributed by atoms with Crippen molar-refractivity contribution in [1.82, 2.24) is 15.5 Å². The molecule has 2 aliphatic rings. The lowest BCUT2D eigenvalue weighted by Gasteiger charge is -2.36. The van der Waals surface area contributed by atoms with E-state index in [0.717, 1.165) is 38.8 Å². The molecule has 2 rings (SSSR count). The monoisotopic (exact) mass is 254 g/mol. The third kappa shape index (κ3) is 3.20. The van der Waals surface area contributed by atoms with Crippen molar-refractivity contribution in [3.8, 4) is 0 Å². The number of nitrogens with one attached hydrogen (secondary N) is 2. The fraction of sp³-hybridized carbons (Fsp3) is 0.833. The molecule has 0 bridgehead atoms. The zero-order valence-electron chi connectivity index (χ0n) is 10.6. The summed E-state index contributed by atoms with van der Waals surface area (Å²) >= 11 is 0. The molecule has 2 atom stereocenters. The molecule has 0 aromatic rings. The highest BCUT2D eigenvalue weighted by Crippen LogP contribution is 2.15. The van der Waals surface area contributed by atoms with Crippen molar-refractivity contribution < 1.29 is 9.59 Å². The van der Waals surface area contributed by atoms with Gasteiger partial charge in [0.05, 0.1) is 0 Å². The van der Waals surface area contributed by atoms with Crippen LogP contribution >= 0.6 is 0 Å². The van der Waals surface area contributed by atoms with Crippen LogP contribution in [0, 0.1) is 0 Å². The van der Waals surface area contributed by atoms with Gasteiger partial charge in [-0.25, -0.2) is 0 Å². The number of likely N-dealkylation sites (tertiary alicyclic amines) is 1. The van der Waals surface area contributed by atoms with Gasteiger partial charge in [-0.05, 0) is 38.8 Å². The maximum Gasteiger partial charge on any atom is 0.243 e. The summed E-state index contributed by atoms with van der Waals surface area (Å²) in [5.74, 6) is -0.0269. The number of nitrogens with two attached hydrogens (primary N) is 1.